The van der Waals surface area contributed by atoms with E-state index in [1.165, 1.54) is 18.5 Å². The number of hydrogen-bond donors (Lipinski definition) is 2. The molecule has 0 bridgehead atoms. The van der Waals surface area contributed by atoms with Gasteiger partial charge in [-0.3, -0.25) is 9.59 Å². The summed E-state index contributed by atoms with van der Waals surface area (Å²) in [6.07, 6.45) is 2.94. The number of amides is 1. The molecule has 17 heavy (non-hydrogen) atoms. The molecule has 0 atom stereocenters. The molecular weight excluding hydrogens is 215 g/mol. The van der Waals surface area contributed by atoms with E-state index in [9.17, 15) is 9.59 Å². The molecule has 0 fully saturated rings. The fraction of sp³-hybridized carbons (Fsp3) is 0. The van der Waals surface area contributed by atoms with Crippen molar-refractivity contribution in [2.24, 2.45) is 0 Å². The van der Waals surface area contributed by atoms with E-state index < -0.39 is 0 Å². The van der Waals surface area contributed by atoms with Crippen LogP contribution in [-0.2, 0) is 0 Å². The molecule has 0 spiro atoms. The van der Waals surface area contributed by atoms with Crippen molar-refractivity contribution in [3.8, 4) is 0 Å². The highest BCUT2D eigenvalue weighted by molar-refractivity contribution is 6.32. The maximum absolute atomic E-state index is 11.8. The molecule has 2 rings (SSSR count). The third-order valence-corrected chi connectivity index (χ3v) is 2.25. The first-order valence-corrected chi connectivity index (χ1v) is 5.01. The molecule has 1 heterocycles. The van der Waals surface area contributed by atoms with Gasteiger partial charge in [-0.05, 0) is 0 Å². The van der Waals surface area contributed by atoms with E-state index in [4.69, 9.17) is 7.85 Å². The zero-order valence-electron chi connectivity index (χ0n) is 8.94. The average Bonchev–Trinajstić information content (AvgIpc) is 2.33. The Morgan fingerprint density at radius 3 is 2.53 bits per heavy atom. The molecule has 0 aliphatic rings. The minimum Gasteiger partial charge on any atom is -0.366 e. The van der Waals surface area contributed by atoms with Gasteiger partial charge in [-0.15, -0.1) is 0 Å². The number of benzene rings is 1. The molecule has 2 N–H and O–H groups in total. The van der Waals surface area contributed by atoms with Crippen LogP contribution in [0.2, 0.25) is 0 Å². The van der Waals surface area contributed by atoms with Crippen molar-refractivity contribution in [2.45, 2.75) is 0 Å². The molecular formula is C12H9BN2O2. The van der Waals surface area contributed by atoms with Gasteiger partial charge in [-0.25, -0.2) is 0 Å². The van der Waals surface area contributed by atoms with Gasteiger partial charge in [-0.2, -0.15) is 0 Å². The third kappa shape index (κ3) is 2.63. The lowest BCUT2D eigenvalue weighted by molar-refractivity contribution is 0.102. The predicted octanol–water partition coefficient (Wildman–Crippen LogP) is 0.421. The van der Waals surface area contributed by atoms with Crippen molar-refractivity contribution in [3.05, 3.63) is 58.5 Å². The van der Waals surface area contributed by atoms with Gasteiger partial charge in [0.25, 0.3) is 5.91 Å². The normalized spacial score (nSPS) is 9.88. The molecule has 2 radical (unpaired) electrons. The maximum Gasteiger partial charge on any atom is 0.255 e. The Kier molecular flexibility index (Phi) is 3.09. The fourth-order valence-electron chi connectivity index (χ4n) is 1.34. The highest BCUT2D eigenvalue weighted by atomic mass is 16.2. The second-order valence-electron chi connectivity index (χ2n) is 3.50. The first-order valence-electron chi connectivity index (χ1n) is 5.01. The van der Waals surface area contributed by atoms with Gasteiger partial charge in [0.05, 0.1) is 0 Å². The van der Waals surface area contributed by atoms with Crippen molar-refractivity contribution in [3.63, 3.8) is 0 Å². The molecule has 0 saturated carbocycles. The maximum atomic E-state index is 11.8. The van der Waals surface area contributed by atoms with E-state index in [1.807, 2.05) is 0 Å². The summed E-state index contributed by atoms with van der Waals surface area (Å²) in [5.41, 5.74) is 1.00. The van der Waals surface area contributed by atoms with E-state index in [-0.39, 0.29) is 17.0 Å². The van der Waals surface area contributed by atoms with Crippen LogP contribution >= 0.6 is 0 Å². The Morgan fingerprint density at radius 1 is 1.18 bits per heavy atom. The number of pyridine rings is 1. The topological polar surface area (TPSA) is 62.0 Å². The van der Waals surface area contributed by atoms with Gasteiger partial charge in [0, 0.05) is 24.0 Å². The molecule has 0 saturated heterocycles. The van der Waals surface area contributed by atoms with Gasteiger partial charge in [0.15, 0.2) is 0 Å². The van der Waals surface area contributed by atoms with Crippen LogP contribution in [0.15, 0.2) is 47.5 Å². The first kappa shape index (κ1) is 11.2. The van der Waals surface area contributed by atoms with Crippen molar-refractivity contribution in [1.29, 1.82) is 0 Å². The summed E-state index contributed by atoms with van der Waals surface area (Å²) in [7, 11) is 5.52. The molecule has 0 unspecified atom stereocenters. The summed E-state index contributed by atoms with van der Waals surface area (Å²) in [6.45, 7) is 0. The standard InChI is InChI=1S/C12H9BN2O2/c13-9-3-1-8(2-4-9)12(17)15-10-7-14-6-5-11(10)16/h1-7H,(H,14,16)(H,15,17). The van der Waals surface area contributed by atoms with E-state index in [1.54, 1.807) is 24.3 Å². The largest absolute Gasteiger partial charge is 0.366 e. The lowest BCUT2D eigenvalue weighted by Gasteiger charge is -2.04. The third-order valence-electron chi connectivity index (χ3n) is 2.25. The van der Waals surface area contributed by atoms with Crippen LogP contribution < -0.4 is 16.2 Å². The Morgan fingerprint density at radius 2 is 1.88 bits per heavy atom. The van der Waals surface area contributed by atoms with Gasteiger partial charge >= 0.3 is 0 Å². The van der Waals surface area contributed by atoms with Gasteiger partial charge in [-0.1, -0.05) is 29.7 Å². The monoisotopic (exact) mass is 224 g/mol. The molecule has 4 nitrogen and oxygen atoms in total. The van der Waals surface area contributed by atoms with Crippen LogP contribution in [0.1, 0.15) is 10.4 Å². The second-order valence-corrected chi connectivity index (χ2v) is 3.50. The number of H-pyrrole nitrogens is 1. The molecule has 82 valence electrons. The van der Waals surface area contributed by atoms with Crippen molar-refractivity contribution < 1.29 is 4.79 Å². The SMILES string of the molecule is [B]c1ccc(C(=O)Nc2c[nH]ccc2=O)cc1. The van der Waals surface area contributed by atoms with Gasteiger partial charge < -0.3 is 10.3 Å². The van der Waals surface area contributed by atoms with Crippen molar-refractivity contribution >= 4 is 24.9 Å². The van der Waals surface area contributed by atoms with E-state index >= 15 is 0 Å². The quantitative estimate of drug-likeness (QED) is 0.726. The van der Waals surface area contributed by atoms with Crippen molar-refractivity contribution in [1.82, 2.24) is 4.98 Å². The molecule has 1 aromatic heterocycles. The van der Waals surface area contributed by atoms with Crippen LogP contribution in [0.25, 0.3) is 0 Å². The van der Waals surface area contributed by atoms with Crippen LogP contribution in [-0.4, -0.2) is 18.7 Å². The molecule has 2 aromatic rings. The Balaban J connectivity index is 2.20. The summed E-state index contributed by atoms with van der Waals surface area (Å²) in [5.74, 6) is -0.346. The average molecular weight is 224 g/mol. The zero-order valence-corrected chi connectivity index (χ0v) is 8.94. The van der Waals surface area contributed by atoms with Crippen LogP contribution in [0.4, 0.5) is 5.69 Å². The number of aromatic amines is 1. The highest BCUT2D eigenvalue weighted by Crippen LogP contribution is 2.02. The number of nitrogens with one attached hydrogen (secondary N) is 2. The lowest BCUT2D eigenvalue weighted by Crippen LogP contribution is -2.18. The Bertz CT molecular complexity index is 590. The molecule has 0 aliphatic carbocycles. The van der Waals surface area contributed by atoms with Crippen LogP contribution in [0.5, 0.6) is 0 Å². The minimum atomic E-state index is -0.346. The Hall–Kier alpha value is -2.30. The Labute approximate surface area is 99.1 Å². The highest BCUT2D eigenvalue weighted by Gasteiger charge is 2.07. The summed E-state index contributed by atoms with van der Waals surface area (Å²) in [4.78, 5) is 25.9. The van der Waals surface area contributed by atoms with Gasteiger partial charge in [0.1, 0.15) is 13.5 Å². The minimum absolute atomic E-state index is 0.217. The molecule has 1 aromatic carbocycles. The summed E-state index contributed by atoms with van der Waals surface area (Å²) in [6, 6.07) is 7.80. The fourth-order valence-corrected chi connectivity index (χ4v) is 1.34. The second kappa shape index (κ2) is 4.70. The zero-order chi connectivity index (χ0) is 12.3. The van der Waals surface area contributed by atoms with E-state index in [2.05, 4.69) is 10.3 Å². The summed E-state index contributed by atoms with van der Waals surface area (Å²) >= 11 is 0. The van der Waals surface area contributed by atoms with Crippen LogP contribution in [0.3, 0.4) is 0 Å². The van der Waals surface area contributed by atoms with E-state index in [0.717, 1.165) is 0 Å². The molecule has 1 amide bonds. The first-order chi connectivity index (χ1) is 8.16. The number of rotatable bonds is 2. The number of aromatic nitrogens is 1. The molecule has 5 heteroatoms. The van der Waals surface area contributed by atoms with Crippen molar-refractivity contribution in [2.75, 3.05) is 5.32 Å². The number of hydrogen-bond acceptors (Lipinski definition) is 2. The molecule has 0 aliphatic heterocycles. The predicted molar refractivity (Wildman–Crippen MR) is 66.8 cm³/mol. The summed E-state index contributed by atoms with van der Waals surface area (Å²) in [5, 5.41) is 2.52. The number of anilines is 1. The van der Waals surface area contributed by atoms with E-state index in [0.29, 0.717) is 11.0 Å². The lowest BCUT2D eigenvalue weighted by atomic mass is 9.95. The summed E-state index contributed by atoms with van der Waals surface area (Å²) < 4.78 is 0. The van der Waals surface area contributed by atoms with Crippen LogP contribution in [0, 0.1) is 0 Å². The smallest absolute Gasteiger partial charge is 0.255 e. The number of carbonyl (C=O) groups is 1. The number of carbonyl (C=O) groups excluding carboxylic acids is 1. The van der Waals surface area contributed by atoms with Gasteiger partial charge in [0.2, 0.25) is 5.43 Å².